The molecule has 0 saturated carbocycles. The summed E-state index contributed by atoms with van der Waals surface area (Å²) in [5.41, 5.74) is 1.88. The van der Waals surface area contributed by atoms with Gasteiger partial charge in [-0.3, -0.25) is 9.59 Å². The summed E-state index contributed by atoms with van der Waals surface area (Å²) in [7, 11) is 0. The monoisotopic (exact) mass is 546 g/mol. The number of cyclic esters (lactones) is 2. The Morgan fingerprint density at radius 1 is 0.655 bits per heavy atom. The molecule has 150 valence electrons. The van der Waals surface area contributed by atoms with Gasteiger partial charge in [0.2, 0.25) is 0 Å². The standard InChI is InChI=1S/C9H6O2.C8H4O3.C3H8.2CH3.2Y/c10-8-5-9(11)7-4-2-1-3-6(7)8;9-7-5-3-1-2-4-6(5)8(10)11-7;1-3-2;;;;/h1-4H,5H2;1-4H;3H2,1-2H3;2*1H3;;/q;;;2*-1;;. The SMILES string of the molecule is CCC.O=C1CC(=O)c2ccccc21.O=C1OC(=O)c2ccccc21.[CH3-].[CH3-].[Y].[Y]. The predicted molar refractivity (Wildman–Crippen MR) is 105 cm³/mol. The minimum absolute atomic E-state index is 0. The van der Waals surface area contributed by atoms with Gasteiger partial charge in [0.05, 0.1) is 17.5 Å². The van der Waals surface area contributed by atoms with Gasteiger partial charge >= 0.3 is 11.9 Å². The van der Waals surface area contributed by atoms with E-state index in [0.29, 0.717) is 22.3 Å². The molecule has 1 aliphatic carbocycles. The number of carbonyl (C=O) groups excluding carboxylic acids is 4. The summed E-state index contributed by atoms with van der Waals surface area (Å²) in [6.45, 7) is 4.25. The summed E-state index contributed by atoms with van der Waals surface area (Å²) in [4.78, 5) is 43.8. The normalized spacial score (nSPS) is 11.9. The van der Waals surface area contributed by atoms with Crippen LogP contribution in [-0.2, 0) is 70.2 Å². The van der Waals surface area contributed by atoms with Gasteiger partial charge in [-0.2, -0.15) is 0 Å². The van der Waals surface area contributed by atoms with Gasteiger partial charge in [0.15, 0.2) is 11.6 Å². The van der Waals surface area contributed by atoms with E-state index >= 15 is 0 Å². The van der Waals surface area contributed by atoms with Crippen molar-refractivity contribution in [1.29, 1.82) is 0 Å². The van der Waals surface area contributed by atoms with Crippen LogP contribution >= 0.6 is 0 Å². The number of carbonyl (C=O) groups is 4. The fourth-order valence-corrected chi connectivity index (χ4v) is 2.34. The van der Waals surface area contributed by atoms with Crippen molar-refractivity contribution in [2.45, 2.75) is 26.7 Å². The van der Waals surface area contributed by atoms with Crippen molar-refractivity contribution in [3.05, 3.63) is 85.6 Å². The molecule has 0 fully saturated rings. The number of esters is 2. The van der Waals surface area contributed by atoms with Crippen LogP contribution in [0.2, 0.25) is 0 Å². The van der Waals surface area contributed by atoms with E-state index in [2.05, 4.69) is 18.6 Å². The summed E-state index contributed by atoms with van der Waals surface area (Å²) < 4.78 is 4.35. The molecule has 0 amide bonds. The number of hydrogen-bond donors (Lipinski definition) is 0. The van der Waals surface area contributed by atoms with Crippen LogP contribution in [0.1, 0.15) is 68.1 Å². The average molecular weight is 546 g/mol. The van der Waals surface area contributed by atoms with E-state index in [1.807, 2.05) is 0 Å². The second kappa shape index (κ2) is 15.9. The molecule has 1 aliphatic heterocycles. The number of ketones is 2. The number of fused-ring (bicyclic) bond motifs is 2. The topological polar surface area (TPSA) is 77.5 Å². The van der Waals surface area contributed by atoms with Crippen LogP contribution < -0.4 is 0 Å². The van der Waals surface area contributed by atoms with E-state index in [-0.39, 0.29) is 98.3 Å². The van der Waals surface area contributed by atoms with Gasteiger partial charge in [-0.15, -0.1) is 0 Å². The molecule has 7 heteroatoms. The molecule has 29 heavy (non-hydrogen) atoms. The van der Waals surface area contributed by atoms with E-state index in [0.717, 1.165) is 0 Å². The fourth-order valence-electron chi connectivity index (χ4n) is 2.34. The average Bonchev–Trinajstić information content (AvgIpc) is 3.06. The summed E-state index contributed by atoms with van der Waals surface area (Å²) in [6, 6.07) is 13.5. The van der Waals surface area contributed by atoms with Crippen molar-refractivity contribution in [2.75, 3.05) is 0 Å². The second-order valence-electron chi connectivity index (χ2n) is 5.50. The van der Waals surface area contributed by atoms with Gasteiger partial charge in [0.25, 0.3) is 0 Å². The van der Waals surface area contributed by atoms with Crippen LogP contribution in [0.25, 0.3) is 0 Å². The van der Waals surface area contributed by atoms with Crippen LogP contribution in [0, 0.1) is 14.9 Å². The van der Waals surface area contributed by atoms with E-state index in [1.54, 1.807) is 48.5 Å². The maximum absolute atomic E-state index is 11.1. The van der Waals surface area contributed by atoms with E-state index in [4.69, 9.17) is 0 Å². The van der Waals surface area contributed by atoms with Gasteiger partial charge in [0, 0.05) is 76.5 Å². The first-order valence-corrected chi connectivity index (χ1v) is 8.00. The number of rotatable bonds is 0. The molecule has 4 rings (SSSR count). The van der Waals surface area contributed by atoms with Crippen LogP contribution in [0.15, 0.2) is 48.5 Å². The zero-order valence-corrected chi connectivity index (χ0v) is 22.9. The van der Waals surface area contributed by atoms with Gasteiger partial charge < -0.3 is 19.6 Å². The van der Waals surface area contributed by atoms with Gasteiger partial charge in [-0.1, -0.05) is 56.7 Å². The van der Waals surface area contributed by atoms with E-state index in [9.17, 15) is 19.2 Å². The molecule has 0 aromatic heterocycles. The van der Waals surface area contributed by atoms with Gasteiger partial charge in [0.1, 0.15) is 0 Å². The number of ether oxygens (including phenoxy) is 1. The first-order valence-electron chi connectivity index (χ1n) is 8.00. The van der Waals surface area contributed by atoms with Crippen molar-refractivity contribution in [2.24, 2.45) is 0 Å². The number of benzene rings is 2. The third-order valence-electron chi connectivity index (χ3n) is 3.40. The van der Waals surface area contributed by atoms with Crippen molar-refractivity contribution in [3.63, 3.8) is 0 Å². The Balaban J connectivity index is -0.000000367. The number of hydrogen-bond acceptors (Lipinski definition) is 5. The zero-order valence-electron chi connectivity index (χ0n) is 17.2. The van der Waals surface area contributed by atoms with Crippen molar-refractivity contribution >= 4 is 23.5 Å². The Bertz CT molecular complexity index is 711. The van der Waals surface area contributed by atoms with Crippen LogP contribution in [-0.4, -0.2) is 23.5 Å². The molecule has 0 saturated heterocycles. The zero-order chi connectivity index (χ0) is 18.4. The van der Waals surface area contributed by atoms with Crippen molar-refractivity contribution in [3.8, 4) is 0 Å². The first-order chi connectivity index (χ1) is 12.0. The minimum Gasteiger partial charge on any atom is -0.386 e. The summed E-state index contributed by atoms with van der Waals surface area (Å²) in [6.07, 6.45) is 1.30. The summed E-state index contributed by atoms with van der Waals surface area (Å²) in [5, 5.41) is 0. The summed E-state index contributed by atoms with van der Waals surface area (Å²) in [5.74, 6) is -1.20. The Morgan fingerprint density at radius 3 is 1.24 bits per heavy atom. The molecule has 0 N–H and O–H groups in total. The third kappa shape index (κ3) is 8.41. The molecular weight excluding hydrogens is 522 g/mol. The molecule has 0 atom stereocenters. The quantitative estimate of drug-likeness (QED) is 0.271. The Hall–Kier alpha value is -0.872. The maximum Gasteiger partial charge on any atom is 0.346 e. The van der Waals surface area contributed by atoms with Crippen molar-refractivity contribution in [1.82, 2.24) is 0 Å². The molecular formula is C22H24O5Y2-2. The minimum atomic E-state index is -0.550. The Morgan fingerprint density at radius 2 is 0.931 bits per heavy atom. The fraction of sp³-hybridized carbons (Fsp3) is 0.182. The number of Topliss-reactive ketones (excluding diaryl/α,β-unsaturated/α-hetero) is 2. The maximum atomic E-state index is 11.1. The smallest absolute Gasteiger partial charge is 0.346 e. The molecule has 5 nitrogen and oxygen atoms in total. The van der Waals surface area contributed by atoms with Gasteiger partial charge in [-0.05, 0) is 12.1 Å². The van der Waals surface area contributed by atoms with Crippen LogP contribution in [0.4, 0.5) is 0 Å². The molecule has 1 heterocycles. The predicted octanol–water partition coefficient (Wildman–Crippen LogP) is 4.76. The molecule has 0 spiro atoms. The first kappa shape index (κ1) is 32.8. The van der Waals surface area contributed by atoms with Crippen LogP contribution in [0.5, 0.6) is 0 Å². The molecule has 2 aromatic carbocycles. The molecule has 0 unspecified atom stereocenters. The Labute approximate surface area is 223 Å². The third-order valence-corrected chi connectivity index (χ3v) is 3.40. The largest absolute Gasteiger partial charge is 0.386 e. The summed E-state index contributed by atoms with van der Waals surface area (Å²) >= 11 is 0. The van der Waals surface area contributed by atoms with Crippen LogP contribution in [0.3, 0.4) is 0 Å². The van der Waals surface area contributed by atoms with E-state index < -0.39 is 11.9 Å². The molecule has 2 aromatic rings. The molecule has 2 radical (unpaired) electrons. The molecule has 0 bridgehead atoms. The van der Waals surface area contributed by atoms with E-state index in [1.165, 1.54) is 6.42 Å². The molecule has 2 aliphatic rings. The Kier molecular flexibility index (Phi) is 18.0. The van der Waals surface area contributed by atoms with Crippen molar-refractivity contribution < 1.29 is 89.3 Å². The van der Waals surface area contributed by atoms with Gasteiger partial charge in [-0.25, -0.2) is 9.59 Å². The second-order valence-corrected chi connectivity index (χ2v) is 5.50.